The minimum absolute atomic E-state index is 0.284. The molecule has 0 aliphatic heterocycles. The van der Waals surface area contributed by atoms with Crippen molar-refractivity contribution in [2.24, 2.45) is 5.84 Å². The van der Waals surface area contributed by atoms with Crippen LogP contribution < -0.4 is 16.6 Å². The fraction of sp³-hybridized carbons (Fsp3) is 0. The van der Waals surface area contributed by atoms with Crippen LogP contribution in [0, 0.1) is 0 Å². The zero-order valence-corrected chi connectivity index (χ0v) is 8.86. The van der Waals surface area contributed by atoms with Gasteiger partial charge in [-0.05, 0) is 12.1 Å². The van der Waals surface area contributed by atoms with Crippen LogP contribution in [-0.2, 0) is 0 Å². The first-order valence-corrected chi connectivity index (χ1v) is 5.18. The van der Waals surface area contributed by atoms with Crippen molar-refractivity contribution < 1.29 is 4.79 Å². The summed E-state index contributed by atoms with van der Waals surface area (Å²) < 4.78 is 0. The van der Waals surface area contributed by atoms with Crippen molar-refractivity contribution in [3.63, 3.8) is 0 Å². The lowest BCUT2D eigenvalue weighted by Crippen LogP contribution is -2.13. The quantitative estimate of drug-likeness (QED) is 0.528. The first-order chi connectivity index (χ1) is 7.79. The van der Waals surface area contributed by atoms with Crippen molar-refractivity contribution in [2.75, 3.05) is 10.7 Å². The van der Waals surface area contributed by atoms with Gasteiger partial charge in [-0.2, -0.15) is 0 Å². The summed E-state index contributed by atoms with van der Waals surface area (Å²) in [7, 11) is 0. The molecule has 0 spiro atoms. The molecular weight excluding hydrogens is 228 g/mol. The van der Waals surface area contributed by atoms with E-state index >= 15 is 0 Å². The predicted molar refractivity (Wildman–Crippen MR) is 59.9 cm³/mol. The largest absolute Gasteiger partial charge is 0.308 e. The van der Waals surface area contributed by atoms with Crippen molar-refractivity contribution in [3.05, 3.63) is 29.4 Å². The van der Waals surface area contributed by atoms with Crippen LogP contribution in [0.5, 0.6) is 0 Å². The van der Waals surface area contributed by atoms with Crippen LogP contribution in [0.1, 0.15) is 10.4 Å². The highest BCUT2D eigenvalue weighted by Gasteiger charge is 2.07. The minimum Gasteiger partial charge on any atom is -0.308 e. The molecule has 82 valence electrons. The molecule has 0 fully saturated rings. The maximum atomic E-state index is 11.6. The van der Waals surface area contributed by atoms with E-state index < -0.39 is 0 Å². The number of amides is 1. The Balaban J connectivity index is 2.09. The third-order valence-electron chi connectivity index (χ3n) is 1.75. The summed E-state index contributed by atoms with van der Waals surface area (Å²) in [4.78, 5) is 15.6. The molecule has 1 amide bonds. The van der Waals surface area contributed by atoms with Gasteiger partial charge in [0.25, 0.3) is 5.91 Å². The zero-order chi connectivity index (χ0) is 11.4. The Morgan fingerprint density at radius 2 is 2.31 bits per heavy atom. The second kappa shape index (κ2) is 4.64. The number of hydrazine groups is 1. The van der Waals surface area contributed by atoms with Gasteiger partial charge in [-0.1, -0.05) is 11.3 Å². The van der Waals surface area contributed by atoms with Gasteiger partial charge in [-0.3, -0.25) is 10.1 Å². The molecule has 2 rings (SSSR count). The van der Waals surface area contributed by atoms with Gasteiger partial charge in [0.1, 0.15) is 11.3 Å². The summed E-state index contributed by atoms with van der Waals surface area (Å²) >= 11 is 1.25. The molecule has 0 saturated heterocycles. The van der Waals surface area contributed by atoms with Crippen LogP contribution in [0.3, 0.4) is 0 Å². The number of anilines is 2. The number of carbonyl (C=O) groups is 1. The number of rotatable bonds is 3. The maximum Gasteiger partial charge on any atom is 0.259 e. The molecule has 2 aromatic heterocycles. The molecule has 0 unspecified atom stereocenters. The van der Waals surface area contributed by atoms with E-state index in [4.69, 9.17) is 5.84 Å². The Kier molecular flexibility index (Phi) is 3.03. The number of hydrogen-bond donors (Lipinski definition) is 3. The second-order valence-electron chi connectivity index (χ2n) is 2.77. The van der Waals surface area contributed by atoms with Crippen LogP contribution in [0.25, 0.3) is 0 Å². The molecule has 4 N–H and O–H groups in total. The fourth-order valence-electron chi connectivity index (χ4n) is 1.01. The maximum absolute atomic E-state index is 11.6. The van der Waals surface area contributed by atoms with Gasteiger partial charge in [-0.15, -0.1) is 10.2 Å². The number of aromatic nitrogens is 3. The van der Waals surface area contributed by atoms with E-state index in [1.807, 2.05) is 0 Å². The summed E-state index contributed by atoms with van der Waals surface area (Å²) in [5.41, 5.74) is 4.34. The molecule has 0 aromatic carbocycles. The number of carbonyl (C=O) groups excluding carboxylic acids is 1. The highest BCUT2D eigenvalue weighted by molar-refractivity contribution is 7.13. The molecule has 0 radical (unpaired) electrons. The van der Waals surface area contributed by atoms with Gasteiger partial charge in [0.2, 0.25) is 5.13 Å². The number of hydrogen-bond acceptors (Lipinski definition) is 7. The van der Waals surface area contributed by atoms with E-state index in [0.717, 1.165) is 0 Å². The van der Waals surface area contributed by atoms with Gasteiger partial charge < -0.3 is 5.43 Å². The van der Waals surface area contributed by atoms with Crippen LogP contribution in [-0.4, -0.2) is 21.1 Å². The SMILES string of the molecule is NNc1ccc(C(=O)Nc2nncs2)cn1. The lowest BCUT2D eigenvalue weighted by Gasteiger charge is -2.02. The molecule has 8 heteroatoms. The molecule has 0 saturated carbocycles. The van der Waals surface area contributed by atoms with Gasteiger partial charge in [0, 0.05) is 6.20 Å². The Bertz CT molecular complexity index is 468. The molecule has 0 atom stereocenters. The molecule has 7 nitrogen and oxygen atoms in total. The summed E-state index contributed by atoms with van der Waals surface area (Å²) in [6.45, 7) is 0. The van der Waals surface area contributed by atoms with Gasteiger partial charge in [-0.25, -0.2) is 10.8 Å². The van der Waals surface area contributed by atoms with Crippen LogP contribution in [0.15, 0.2) is 23.8 Å². The second-order valence-corrected chi connectivity index (χ2v) is 3.61. The number of nitrogens with one attached hydrogen (secondary N) is 2. The Hall–Kier alpha value is -2.06. The molecule has 16 heavy (non-hydrogen) atoms. The molecule has 0 aliphatic carbocycles. The van der Waals surface area contributed by atoms with Gasteiger partial charge in [0.05, 0.1) is 5.56 Å². The van der Waals surface area contributed by atoms with Crippen LogP contribution >= 0.6 is 11.3 Å². The number of pyridine rings is 1. The lowest BCUT2D eigenvalue weighted by molar-refractivity contribution is 0.102. The summed E-state index contributed by atoms with van der Waals surface area (Å²) in [6, 6.07) is 3.22. The van der Waals surface area contributed by atoms with Crippen LogP contribution in [0.2, 0.25) is 0 Å². The monoisotopic (exact) mass is 236 g/mol. The first-order valence-electron chi connectivity index (χ1n) is 4.30. The Labute approximate surface area is 94.7 Å². The van der Waals surface area contributed by atoms with Crippen molar-refractivity contribution in [2.45, 2.75) is 0 Å². The van der Waals surface area contributed by atoms with E-state index in [9.17, 15) is 4.79 Å². The molecule has 2 aromatic rings. The van der Waals surface area contributed by atoms with Crippen molar-refractivity contribution >= 4 is 28.2 Å². The molecule has 2 heterocycles. The smallest absolute Gasteiger partial charge is 0.259 e. The third kappa shape index (κ3) is 2.30. The van der Waals surface area contributed by atoms with Crippen molar-refractivity contribution in [3.8, 4) is 0 Å². The highest BCUT2D eigenvalue weighted by Crippen LogP contribution is 2.10. The summed E-state index contributed by atoms with van der Waals surface area (Å²) in [5, 5.41) is 10.3. The fourth-order valence-corrected chi connectivity index (χ4v) is 1.45. The summed E-state index contributed by atoms with van der Waals surface area (Å²) in [6.07, 6.45) is 1.42. The standard InChI is InChI=1S/C8H8N6OS/c9-13-6-2-1-5(3-10-6)7(15)12-8-14-11-4-16-8/h1-4H,9H2,(H,10,13)(H,12,14,15). The minimum atomic E-state index is -0.284. The molecule has 0 aliphatic rings. The molecule has 0 bridgehead atoms. The van der Waals surface area contributed by atoms with E-state index in [1.165, 1.54) is 23.0 Å². The first kappa shape index (κ1) is 10.5. The highest BCUT2D eigenvalue weighted by atomic mass is 32.1. The summed E-state index contributed by atoms with van der Waals surface area (Å²) in [5.74, 6) is 5.36. The van der Waals surface area contributed by atoms with Crippen molar-refractivity contribution in [1.29, 1.82) is 0 Å². The average molecular weight is 236 g/mol. The van der Waals surface area contributed by atoms with Crippen molar-refractivity contribution in [1.82, 2.24) is 15.2 Å². The third-order valence-corrected chi connectivity index (χ3v) is 2.36. The Morgan fingerprint density at radius 1 is 1.44 bits per heavy atom. The zero-order valence-electron chi connectivity index (χ0n) is 8.04. The number of nitrogen functional groups attached to an aromatic ring is 1. The van der Waals surface area contributed by atoms with Crippen LogP contribution in [0.4, 0.5) is 10.9 Å². The number of nitrogens with zero attached hydrogens (tertiary/aromatic N) is 3. The number of nitrogens with two attached hydrogens (primary N) is 1. The topological polar surface area (TPSA) is 106 Å². The van der Waals surface area contributed by atoms with Gasteiger partial charge >= 0.3 is 0 Å². The van der Waals surface area contributed by atoms with E-state index in [0.29, 0.717) is 16.5 Å². The van der Waals surface area contributed by atoms with E-state index in [-0.39, 0.29) is 5.91 Å². The van der Waals surface area contributed by atoms with Gasteiger partial charge in [0.15, 0.2) is 0 Å². The lowest BCUT2D eigenvalue weighted by atomic mass is 10.2. The molecular formula is C8H8N6OS. The van der Waals surface area contributed by atoms with E-state index in [2.05, 4.69) is 25.9 Å². The van der Waals surface area contributed by atoms with E-state index in [1.54, 1.807) is 12.1 Å². The predicted octanol–water partition coefficient (Wildman–Crippen LogP) is 0.471. The average Bonchev–Trinajstić information content (AvgIpc) is 2.82. The normalized spacial score (nSPS) is 9.81. The Morgan fingerprint density at radius 3 is 2.88 bits per heavy atom.